The summed E-state index contributed by atoms with van der Waals surface area (Å²) < 4.78 is 0. The van der Waals surface area contributed by atoms with Crippen molar-refractivity contribution < 1.29 is 5.11 Å². The Labute approximate surface area is 100 Å². The molecule has 1 fully saturated rings. The maximum absolute atomic E-state index is 9.22. The molecule has 4 nitrogen and oxygen atoms in total. The summed E-state index contributed by atoms with van der Waals surface area (Å²) in [7, 11) is 0. The summed E-state index contributed by atoms with van der Waals surface area (Å²) in [4.78, 5) is 10.8. The molecule has 1 N–H and O–H groups in total. The number of nitrogens with zero attached hydrogens (tertiary/aromatic N) is 3. The van der Waals surface area contributed by atoms with Gasteiger partial charge in [0.1, 0.15) is 11.0 Å². The van der Waals surface area contributed by atoms with Crippen molar-refractivity contribution in [1.29, 1.82) is 0 Å². The highest BCUT2D eigenvalue weighted by Crippen LogP contribution is 2.19. The van der Waals surface area contributed by atoms with E-state index in [1.54, 1.807) is 6.07 Å². The van der Waals surface area contributed by atoms with E-state index in [-0.39, 0.29) is 12.6 Å². The van der Waals surface area contributed by atoms with Gasteiger partial charge in [-0.3, -0.25) is 4.90 Å². The smallest absolute Gasteiger partial charge is 0.144 e. The maximum atomic E-state index is 9.22. The molecule has 88 valence electrons. The highest BCUT2D eigenvalue weighted by atomic mass is 35.5. The van der Waals surface area contributed by atoms with Gasteiger partial charge in [0.2, 0.25) is 0 Å². The molecule has 0 spiro atoms. The molecule has 2 heterocycles. The van der Waals surface area contributed by atoms with Gasteiger partial charge in [-0.25, -0.2) is 9.97 Å². The molecule has 2 rings (SSSR count). The number of halogens is 1. The molecule has 0 amide bonds. The molecular weight excluding hydrogens is 226 g/mol. The SMILES string of the molecule is Cc1cc(Cl)nc(CN2CCCC2CO)n1. The Balaban J connectivity index is 2.08. The van der Waals surface area contributed by atoms with Crippen LogP contribution in [0.3, 0.4) is 0 Å². The molecule has 1 aliphatic rings. The lowest BCUT2D eigenvalue weighted by molar-refractivity contribution is 0.151. The van der Waals surface area contributed by atoms with Crippen LogP contribution < -0.4 is 0 Å². The lowest BCUT2D eigenvalue weighted by atomic mass is 10.2. The van der Waals surface area contributed by atoms with Crippen LogP contribution in [0.5, 0.6) is 0 Å². The first-order valence-electron chi connectivity index (χ1n) is 5.54. The zero-order valence-electron chi connectivity index (χ0n) is 9.36. The van der Waals surface area contributed by atoms with Crippen molar-refractivity contribution in [3.63, 3.8) is 0 Å². The van der Waals surface area contributed by atoms with Crippen LogP contribution >= 0.6 is 11.6 Å². The quantitative estimate of drug-likeness (QED) is 0.813. The predicted molar refractivity (Wildman–Crippen MR) is 62.3 cm³/mol. The van der Waals surface area contributed by atoms with Gasteiger partial charge in [0.15, 0.2) is 0 Å². The molecular formula is C11H16ClN3O. The van der Waals surface area contributed by atoms with Gasteiger partial charge in [0, 0.05) is 11.7 Å². The summed E-state index contributed by atoms with van der Waals surface area (Å²) in [6, 6.07) is 2.00. The summed E-state index contributed by atoms with van der Waals surface area (Å²) >= 11 is 5.89. The van der Waals surface area contributed by atoms with Crippen LogP contribution in [-0.4, -0.2) is 39.2 Å². The van der Waals surface area contributed by atoms with E-state index in [1.165, 1.54) is 0 Å². The van der Waals surface area contributed by atoms with Crippen molar-refractivity contribution in [3.05, 3.63) is 22.7 Å². The molecule has 0 bridgehead atoms. The zero-order valence-corrected chi connectivity index (χ0v) is 10.1. The molecule has 0 aliphatic carbocycles. The summed E-state index contributed by atoms with van der Waals surface area (Å²) in [5.74, 6) is 0.741. The van der Waals surface area contributed by atoms with Crippen LogP contribution in [-0.2, 0) is 6.54 Å². The minimum Gasteiger partial charge on any atom is -0.395 e. The second-order valence-electron chi connectivity index (χ2n) is 4.20. The fraction of sp³-hybridized carbons (Fsp3) is 0.636. The molecule has 0 aromatic carbocycles. The number of hydrogen-bond acceptors (Lipinski definition) is 4. The Hall–Kier alpha value is -0.710. The second-order valence-corrected chi connectivity index (χ2v) is 4.58. The number of aryl methyl sites for hydroxylation is 1. The van der Waals surface area contributed by atoms with E-state index in [1.807, 2.05) is 6.92 Å². The van der Waals surface area contributed by atoms with Gasteiger partial charge in [0.25, 0.3) is 0 Å². The van der Waals surface area contributed by atoms with E-state index < -0.39 is 0 Å². The summed E-state index contributed by atoms with van der Waals surface area (Å²) in [5, 5.41) is 9.70. The maximum Gasteiger partial charge on any atom is 0.144 e. The summed E-state index contributed by atoms with van der Waals surface area (Å²) in [6.07, 6.45) is 2.18. The van der Waals surface area contributed by atoms with E-state index in [4.69, 9.17) is 11.6 Å². The first kappa shape index (κ1) is 11.8. The van der Waals surface area contributed by atoms with E-state index in [9.17, 15) is 5.11 Å². The number of aliphatic hydroxyl groups is 1. The number of rotatable bonds is 3. The van der Waals surface area contributed by atoms with E-state index in [0.717, 1.165) is 30.9 Å². The van der Waals surface area contributed by atoms with Gasteiger partial charge in [-0.1, -0.05) is 11.6 Å². The molecule has 16 heavy (non-hydrogen) atoms. The van der Waals surface area contributed by atoms with Gasteiger partial charge < -0.3 is 5.11 Å². The number of hydrogen-bond donors (Lipinski definition) is 1. The Morgan fingerprint density at radius 2 is 2.38 bits per heavy atom. The number of aliphatic hydroxyl groups excluding tert-OH is 1. The molecule has 1 atom stereocenters. The molecule has 1 aliphatic heterocycles. The van der Waals surface area contributed by atoms with Gasteiger partial charge in [-0.15, -0.1) is 0 Å². The van der Waals surface area contributed by atoms with Crippen molar-refractivity contribution in [3.8, 4) is 0 Å². The highest BCUT2D eigenvalue weighted by molar-refractivity contribution is 6.29. The van der Waals surface area contributed by atoms with E-state index >= 15 is 0 Å². The zero-order chi connectivity index (χ0) is 11.5. The lowest BCUT2D eigenvalue weighted by Crippen LogP contribution is -2.32. The number of aromatic nitrogens is 2. The van der Waals surface area contributed by atoms with Crippen molar-refractivity contribution in [2.75, 3.05) is 13.2 Å². The van der Waals surface area contributed by atoms with Crippen LogP contribution in [0.1, 0.15) is 24.4 Å². The van der Waals surface area contributed by atoms with Crippen LogP contribution in [0.2, 0.25) is 5.15 Å². The van der Waals surface area contributed by atoms with E-state index in [0.29, 0.717) is 11.7 Å². The van der Waals surface area contributed by atoms with Gasteiger partial charge >= 0.3 is 0 Å². The molecule has 1 saturated heterocycles. The van der Waals surface area contributed by atoms with Gasteiger partial charge in [-0.05, 0) is 32.4 Å². The average molecular weight is 242 g/mol. The third-order valence-electron chi connectivity index (χ3n) is 2.92. The minimum absolute atomic E-state index is 0.208. The van der Waals surface area contributed by atoms with Gasteiger partial charge in [-0.2, -0.15) is 0 Å². The van der Waals surface area contributed by atoms with Crippen molar-refractivity contribution >= 4 is 11.6 Å². The Bertz CT molecular complexity index is 352. The highest BCUT2D eigenvalue weighted by Gasteiger charge is 2.24. The first-order chi connectivity index (χ1) is 7.69. The largest absolute Gasteiger partial charge is 0.395 e. The van der Waals surface area contributed by atoms with Crippen molar-refractivity contribution in [1.82, 2.24) is 14.9 Å². The first-order valence-corrected chi connectivity index (χ1v) is 5.92. The predicted octanol–water partition coefficient (Wildman–Crippen LogP) is 1.40. The van der Waals surface area contributed by atoms with Crippen LogP contribution in [0.25, 0.3) is 0 Å². The Kier molecular flexibility index (Phi) is 3.74. The van der Waals surface area contributed by atoms with Gasteiger partial charge in [0.05, 0.1) is 13.2 Å². The summed E-state index contributed by atoms with van der Waals surface area (Å²) in [6.45, 7) is 3.79. The third kappa shape index (κ3) is 2.70. The standard InChI is InChI=1S/C11H16ClN3O/c1-8-5-10(12)14-11(13-8)6-15-4-2-3-9(15)7-16/h5,9,16H,2-4,6-7H2,1H3. The number of likely N-dealkylation sites (tertiary alicyclic amines) is 1. The average Bonchev–Trinajstić information content (AvgIpc) is 2.63. The van der Waals surface area contributed by atoms with Crippen LogP contribution in [0, 0.1) is 6.92 Å². The fourth-order valence-corrected chi connectivity index (χ4v) is 2.41. The van der Waals surface area contributed by atoms with Crippen molar-refractivity contribution in [2.24, 2.45) is 0 Å². The monoisotopic (exact) mass is 241 g/mol. The lowest BCUT2D eigenvalue weighted by Gasteiger charge is -2.21. The third-order valence-corrected chi connectivity index (χ3v) is 3.12. The van der Waals surface area contributed by atoms with Crippen LogP contribution in [0.4, 0.5) is 0 Å². The molecule has 0 saturated carbocycles. The second kappa shape index (κ2) is 5.08. The van der Waals surface area contributed by atoms with Crippen LogP contribution in [0.15, 0.2) is 6.07 Å². The topological polar surface area (TPSA) is 49.2 Å². The molecule has 0 radical (unpaired) electrons. The van der Waals surface area contributed by atoms with E-state index in [2.05, 4.69) is 14.9 Å². The molecule has 1 unspecified atom stereocenters. The molecule has 1 aromatic rings. The molecule has 5 heteroatoms. The van der Waals surface area contributed by atoms with Crippen molar-refractivity contribution in [2.45, 2.75) is 32.4 Å². The summed E-state index contributed by atoms with van der Waals surface area (Å²) in [5.41, 5.74) is 0.884. The normalized spacial score (nSPS) is 21.6. The fourth-order valence-electron chi connectivity index (χ4n) is 2.15. The minimum atomic E-state index is 0.208. The molecule has 1 aromatic heterocycles. The Morgan fingerprint density at radius 1 is 1.56 bits per heavy atom. The Morgan fingerprint density at radius 3 is 3.06 bits per heavy atom.